The zero-order valence-electron chi connectivity index (χ0n) is 10.8. The van der Waals surface area contributed by atoms with E-state index >= 15 is 0 Å². The first-order valence-electron chi connectivity index (χ1n) is 6.51. The molecule has 0 aliphatic heterocycles. The van der Waals surface area contributed by atoms with Gasteiger partial charge in [-0.15, -0.1) is 12.5 Å². The molecule has 90 valence electrons. The fraction of sp³-hybridized carbons (Fsp3) is 0.412. The average molecular weight is 226 g/mol. The lowest BCUT2D eigenvalue weighted by molar-refractivity contribution is 0.727. The van der Waals surface area contributed by atoms with Crippen molar-refractivity contribution in [3.05, 3.63) is 48.6 Å². The van der Waals surface area contributed by atoms with Crippen molar-refractivity contribution in [1.29, 1.82) is 0 Å². The molecule has 17 heavy (non-hydrogen) atoms. The Kier molecular flexibility index (Phi) is 6.91. The third-order valence-electron chi connectivity index (χ3n) is 2.81. The first-order chi connectivity index (χ1) is 8.36. The summed E-state index contributed by atoms with van der Waals surface area (Å²) in [7, 11) is 0. The molecular formula is C17H22. The third-order valence-corrected chi connectivity index (χ3v) is 2.81. The molecule has 0 radical (unpaired) electrons. The van der Waals surface area contributed by atoms with E-state index in [1.165, 1.54) is 18.4 Å². The van der Waals surface area contributed by atoms with Crippen LogP contribution in [-0.2, 0) is 6.42 Å². The number of unbranched alkanes of at least 4 members (excludes halogenated alkanes) is 2. The maximum Gasteiger partial charge on any atom is 0.0383 e. The Morgan fingerprint density at radius 2 is 2.06 bits per heavy atom. The number of hydrogen-bond acceptors (Lipinski definition) is 0. The molecule has 1 aromatic rings. The highest BCUT2D eigenvalue weighted by atomic mass is 14.0. The largest absolute Gasteiger partial charge is 0.103 e. The highest BCUT2D eigenvalue weighted by Gasteiger charge is 2.00. The van der Waals surface area contributed by atoms with Gasteiger partial charge in [0.2, 0.25) is 0 Å². The SMILES string of the molecule is C=C[C@@H](C#CCCCC)CCc1ccccc1. The molecule has 0 heteroatoms. The van der Waals surface area contributed by atoms with Crippen LogP contribution in [0.25, 0.3) is 0 Å². The van der Waals surface area contributed by atoms with E-state index in [-0.39, 0.29) is 0 Å². The van der Waals surface area contributed by atoms with Crippen molar-refractivity contribution in [2.45, 2.75) is 39.0 Å². The van der Waals surface area contributed by atoms with E-state index in [4.69, 9.17) is 0 Å². The third kappa shape index (κ3) is 5.97. The smallest absolute Gasteiger partial charge is 0.0383 e. The highest BCUT2D eigenvalue weighted by Crippen LogP contribution is 2.10. The minimum atomic E-state index is 0.340. The molecule has 0 heterocycles. The number of rotatable bonds is 6. The maximum atomic E-state index is 3.87. The molecule has 0 amide bonds. The Hall–Kier alpha value is -1.48. The summed E-state index contributed by atoms with van der Waals surface area (Å²) in [5, 5.41) is 0. The minimum Gasteiger partial charge on any atom is -0.103 e. The number of benzene rings is 1. The van der Waals surface area contributed by atoms with Crippen molar-refractivity contribution in [2.24, 2.45) is 5.92 Å². The summed E-state index contributed by atoms with van der Waals surface area (Å²) in [6.07, 6.45) is 7.58. The highest BCUT2D eigenvalue weighted by molar-refractivity contribution is 5.16. The topological polar surface area (TPSA) is 0 Å². The van der Waals surface area contributed by atoms with Gasteiger partial charge in [-0.1, -0.05) is 55.7 Å². The monoisotopic (exact) mass is 226 g/mol. The number of aryl methyl sites for hydroxylation is 1. The van der Waals surface area contributed by atoms with Crippen LogP contribution in [-0.4, -0.2) is 0 Å². The van der Waals surface area contributed by atoms with E-state index in [2.05, 4.69) is 55.7 Å². The second-order valence-electron chi connectivity index (χ2n) is 4.29. The standard InChI is InChI=1S/C17H22/c1-3-5-6-8-11-16(4-2)14-15-17-12-9-7-10-13-17/h4,7,9-10,12-13,16H,2-3,5-6,14-15H2,1H3/t16-/m0/s1. The predicted molar refractivity (Wildman–Crippen MR) is 75.8 cm³/mol. The van der Waals surface area contributed by atoms with Crippen molar-refractivity contribution < 1.29 is 0 Å². The van der Waals surface area contributed by atoms with Gasteiger partial charge in [0.15, 0.2) is 0 Å². The van der Waals surface area contributed by atoms with Crippen LogP contribution in [0.5, 0.6) is 0 Å². The predicted octanol–water partition coefficient (Wildman–Crippen LogP) is 4.62. The summed E-state index contributed by atoms with van der Waals surface area (Å²) in [5.41, 5.74) is 1.38. The van der Waals surface area contributed by atoms with Gasteiger partial charge in [-0.2, -0.15) is 0 Å². The maximum absolute atomic E-state index is 3.87. The summed E-state index contributed by atoms with van der Waals surface area (Å²) in [6, 6.07) is 10.6. The molecule has 0 aromatic heterocycles. The van der Waals surface area contributed by atoms with Crippen molar-refractivity contribution >= 4 is 0 Å². The van der Waals surface area contributed by atoms with Crippen molar-refractivity contribution in [2.75, 3.05) is 0 Å². The van der Waals surface area contributed by atoms with Crippen LogP contribution in [0.3, 0.4) is 0 Å². The summed E-state index contributed by atoms with van der Waals surface area (Å²) >= 11 is 0. The van der Waals surface area contributed by atoms with Gasteiger partial charge < -0.3 is 0 Å². The lowest BCUT2D eigenvalue weighted by atomic mass is 10.00. The van der Waals surface area contributed by atoms with Gasteiger partial charge in [-0.05, 0) is 24.8 Å². The zero-order chi connectivity index (χ0) is 12.3. The Bertz CT molecular complexity index is 364. The van der Waals surface area contributed by atoms with Gasteiger partial charge in [0.05, 0.1) is 0 Å². The summed E-state index contributed by atoms with van der Waals surface area (Å²) in [6.45, 7) is 6.07. The lowest BCUT2D eigenvalue weighted by Crippen LogP contribution is -1.95. The van der Waals surface area contributed by atoms with Crippen molar-refractivity contribution in [3.8, 4) is 11.8 Å². The Morgan fingerprint density at radius 3 is 2.71 bits per heavy atom. The van der Waals surface area contributed by atoms with E-state index in [9.17, 15) is 0 Å². The van der Waals surface area contributed by atoms with E-state index in [1.807, 2.05) is 6.08 Å². The summed E-state index contributed by atoms with van der Waals surface area (Å²) < 4.78 is 0. The van der Waals surface area contributed by atoms with Crippen LogP contribution in [0.1, 0.15) is 38.2 Å². The normalized spacial score (nSPS) is 11.4. The van der Waals surface area contributed by atoms with Gasteiger partial charge in [0.1, 0.15) is 0 Å². The summed E-state index contributed by atoms with van der Waals surface area (Å²) in [4.78, 5) is 0. The molecule has 0 N–H and O–H groups in total. The minimum absolute atomic E-state index is 0.340. The Morgan fingerprint density at radius 1 is 1.29 bits per heavy atom. The van der Waals surface area contributed by atoms with Gasteiger partial charge >= 0.3 is 0 Å². The molecule has 0 nitrogen and oxygen atoms in total. The van der Waals surface area contributed by atoms with Crippen LogP contribution in [0.4, 0.5) is 0 Å². The van der Waals surface area contributed by atoms with E-state index in [0.717, 1.165) is 19.3 Å². The number of allylic oxidation sites excluding steroid dienone is 1. The van der Waals surface area contributed by atoms with Crippen LogP contribution in [0.15, 0.2) is 43.0 Å². The van der Waals surface area contributed by atoms with Gasteiger partial charge in [0, 0.05) is 12.3 Å². The van der Waals surface area contributed by atoms with Gasteiger partial charge in [0.25, 0.3) is 0 Å². The fourth-order valence-electron chi connectivity index (χ4n) is 1.68. The fourth-order valence-corrected chi connectivity index (χ4v) is 1.68. The quantitative estimate of drug-likeness (QED) is 0.377. The molecular weight excluding hydrogens is 204 g/mol. The first-order valence-corrected chi connectivity index (χ1v) is 6.51. The second-order valence-corrected chi connectivity index (χ2v) is 4.29. The van der Waals surface area contributed by atoms with E-state index < -0.39 is 0 Å². The van der Waals surface area contributed by atoms with E-state index in [1.54, 1.807) is 0 Å². The van der Waals surface area contributed by atoms with Crippen LogP contribution >= 0.6 is 0 Å². The zero-order valence-corrected chi connectivity index (χ0v) is 10.8. The van der Waals surface area contributed by atoms with Crippen LogP contribution in [0, 0.1) is 17.8 Å². The van der Waals surface area contributed by atoms with E-state index in [0.29, 0.717) is 5.92 Å². The average Bonchev–Trinajstić information content (AvgIpc) is 2.39. The number of hydrogen-bond donors (Lipinski definition) is 0. The van der Waals surface area contributed by atoms with Crippen LogP contribution in [0.2, 0.25) is 0 Å². The molecule has 0 unspecified atom stereocenters. The molecule has 0 bridgehead atoms. The van der Waals surface area contributed by atoms with Crippen molar-refractivity contribution in [1.82, 2.24) is 0 Å². The molecule has 0 aliphatic rings. The molecule has 0 aliphatic carbocycles. The molecule has 1 atom stereocenters. The van der Waals surface area contributed by atoms with Gasteiger partial charge in [-0.3, -0.25) is 0 Å². The first kappa shape index (κ1) is 13.6. The van der Waals surface area contributed by atoms with Crippen LogP contribution < -0.4 is 0 Å². The molecule has 1 aromatic carbocycles. The Labute approximate surface area is 106 Å². The van der Waals surface area contributed by atoms with Crippen molar-refractivity contribution in [3.63, 3.8) is 0 Å². The molecule has 0 saturated heterocycles. The summed E-state index contributed by atoms with van der Waals surface area (Å²) in [5.74, 6) is 6.90. The molecule has 0 fully saturated rings. The van der Waals surface area contributed by atoms with Gasteiger partial charge in [-0.25, -0.2) is 0 Å². The molecule has 0 spiro atoms. The lowest BCUT2D eigenvalue weighted by Gasteiger charge is -2.04. The Balaban J connectivity index is 2.36. The molecule has 0 saturated carbocycles. The molecule has 1 rings (SSSR count). The second kappa shape index (κ2) is 8.65.